The summed E-state index contributed by atoms with van der Waals surface area (Å²) in [5.41, 5.74) is 2.39. The van der Waals surface area contributed by atoms with E-state index in [-0.39, 0.29) is 17.2 Å². The number of nitrogens with zero attached hydrogens (tertiary/aromatic N) is 2. The molecule has 0 unspecified atom stereocenters. The monoisotopic (exact) mass is 362 g/mol. The number of carbonyl (C=O) groups is 1. The quantitative estimate of drug-likeness (QED) is 0.515. The minimum Gasteiger partial charge on any atom is -0.377 e. The minimum absolute atomic E-state index is 0.0816. The Balaban J connectivity index is 1.48. The van der Waals surface area contributed by atoms with Gasteiger partial charge in [0.1, 0.15) is 5.69 Å². The molecule has 2 aromatic carbocycles. The van der Waals surface area contributed by atoms with Crippen LogP contribution in [0.2, 0.25) is 0 Å². The van der Waals surface area contributed by atoms with Crippen LogP contribution in [-0.4, -0.2) is 21.9 Å². The summed E-state index contributed by atoms with van der Waals surface area (Å²) in [7, 11) is 0. The van der Waals surface area contributed by atoms with E-state index in [0.29, 0.717) is 18.3 Å². The van der Waals surface area contributed by atoms with E-state index in [1.807, 2.05) is 30.3 Å². The van der Waals surface area contributed by atoms with Gasteiger partial charge in [-0.15, -0.1) is 0 Å². The van der Waals surface area contributed by atoms with Gasteiger partial charge in [-0.3, -0.25) is 19.9 Å². The Morgan fingerprint density at radius 2 is 2.00 bits per heavy atom. The maximum atomic E-state index is 12.4. The van der Waals surface area contributed by atoms with Crippen LogP contribution >= 0.6 is 0 Å². The van der Waals surface area contributed by atoms with E-state index in [1.54, 1.807) is 18.3 Å². The van der Waals surface area contributed by atoms with Gasteiger partial charge in [0.25, 0.3) is 11.6 Å². The van der Waals surface area contributed by atoms with Crippen LogP contribution in [0.3, 0.4) is 0 Å². The summed E-state index contributed by atoms with van der Waals surface area (Å²) >= 11 is 0. The fourth-order valence-corrected chi connectivity index (χ4v) is 2.89. The highest BCUT2D eigenvalue weighted by atomic mass is 16.6. The van der Waals surface area contributed by atoms with Crippen molar-refractivity contribution in [1.29, 1.82) is 0 Å². The van der Waals surface area contributed by atoms with Gasteiger partial charge >= 0.3 is 0 Å². The van der Waals surface area contributed by atoms with E-state index in [0.717, 1.165) is 29.3 Å². The number of carbonyl (C=O) groups excluding carboxylic acids is 1. The van der Waals surface area contributed by atoms with Crippen molar-refractivity contribution in [1.82, 2.24) is 10.3 Å². The molecule has 136 valence electrons. The molecular weight excluding hydrogens is 344 g/mol. The van der Waals surface area contributed by atoms with E-state index in [1.165, 1.54) is 6.07 Å². The first-order valence-corrected chi connectivity index (χ1v) is 8.77. The lowest BCUT2D eigenvalue weighted by Gasteiger charge is -2.09. The van der Waals surface area contributed by atoms with Gasteiger partial charge in [-0.05, 0) is 42.7 Å². The summed E-state index contributed by atoms with van der Waals surface area (Å²) in [5, 5.41) is 18.2. The molecule has 0 aliphatic heterocycles. The Morgan fingerprint density at radius 1 is 1.19 bits per heavy atom. The van der Waals surface area contributed by atoms with Crippen molar-refractivity contribution < 1.29 is 9.72 Å². The van der Waals surface area contributed by atoms with Gasteiger partial charge in [0, 0.05) is 35.8 Å². The summed E-state index contributed by atoms with van der Waals surface area (Å²) in [5.74, 6) is -0.357. The van der Waals surface area contributed by atoms with Gasteiger partial charge in [-0.2, -0.15) is 0 Å². The topological polar surface area (TPSA) is 97.2 Å². The summed E-state index contributed by atoms with van der Waals surface area (Å²) in [6.07, 6.45) is 3.74. The summed E-state index contributed by atoms with van der Waals surface area (Å²) < 4.78 is 0. The van der Waals surface area contributed by atoms with Crippen LogP contribution in [-0.2, 0) is 6.54 Å². The molecule has 1 amide bonds. The van der Waals surface area contributed by atoms with Crippen molar-refractivity contribution >= 4 is 28.2 Å². The third-order valence-corrected chi connectivity index (χ3v) is 4.49. The van der Waals surface area contributed by atoms with E-state index in [2.05, 4.69) is 15.6 Å². The number of nitro benzene ring substituents is 1. The summed E-state index contributed by atoms with van der Waals surface area (Å²) in [6, 6.07) is 14.5. The van der Waals surface area contributed by atoms with Crippen molar-refractivity contribution in [2.45, 2.75) is 25.4 Å². The first kappa shape index (κ1) is 17.0. The van der Waals surface area contributed by atoms with Crippen molar-refractivity contribution in [2.75, 3.05) is 5.32 Å². The van der Waals surface area contributed by atoms with E-state index >= 15 is 0 Å². The SMILES string of the molecule is O=C(NCc1cnc2ccccc2c1)c1ccc(NC2CC2)c([N+](=O)[O-])c1. The first-order chi connectivity index (χ1) is 13.1. The molecule has 1 aliphatic rings. The van der Waals surface area contributed by atoms with E-state index in [4.69, 9.17) is 0 Å². The summed E-state index contributed by atoms with van der Waals surface area (Å²) in [6.45, 7) is 0.298. The molecule has 0 atom stereocenters. The Labute approximate surface area is 155 Å². The fourth-order valence-electron chi connectivity index (χ4n) is 2.89. The largest absolute Gasteiger partial charge is 0.377 e. The van der Waals surface area contributed by atoms with Crippen molar-refractivity contribution in [3.63, 3.8) is 0 Å². The number of nitro groups is 1. The number of pyridine rings is 1. The van der Waals surface area contributed by atoms with Crippen LogP contribution in [0.15, 0.2) is 54.7 Å². The van der Waals surface area contributed by atoms with E-state index < -0.39 is 4.92 Å². The third-order valence-electron chi connectivity index (χ3n) is 4.49. The van der Waals surface area contributed by atoms with Gasteiger partial charge in [0.05, 0.1) is 10.4 Å². The normalized spacial score (nSPS) is 13.3. The van der Waals surface area contributed by atoms with Crippen LogP contribution in [0.5, 0.6) is 0 Å². The molecule has 1 aromatic heterocycles. The van der Waals surface area contributed by atoms with Crippen molar-refractivity contribution in [3.05, 3.63) is 76.0 Å². The highest BCUT2D eigenvalue weighted by molar-refractivity contribution is 5.95. The molecule has 1 saturated carbocycles. The Kier molecular flexibility index (Phi) is 4.42. The third kappa shape index (κ3) is 3.87. The molecule has 2 N–H and O–H groups in total. The molecular formula is C20H18N4O3. The first-order valence-electron chi connectivity index (χ1n) is 8.77. The number of benzene rings is 2. The number of hydrogen-bond acceptors (Lipinski definition) is 5. The molecule has 1 aliphatic carbocycles. The predicted molar refractivity (Wildman–Crippen MR) is 103 cm³/mol. The van der Waals surface area contributed by atoms with Gasteiger partial charge in [-0.1, -0.05) is 18.2 Å². The molecule has 7 nitrogen and oxygen atoms in total. The number of anilines is 1. The molecule has 27 heavy (non-hydrogen) atoms. The van der Waals surface area contributed by atoms with Gasteiger partial charge in [-0.25, -0.2) is 0 Å². The zero-order valence-electron chi connectivity index (χ0n) is 14.5. The molecule has 3 aromatic rings. The fraction of sp³-hybridized carbons (Fsp3) is 0.200. The van der Waals surface area contributed by atoms with Crippen LogP contribution < -0.4 is 10.6 Å². The highest BCUT2D eigenvalue weighted by Crippen LogP contribution is 2.31. The zero-order valence-corrected chi connectivity index (χ0v) is 14.5. The van der Waals surface area contributed by atoms with Crippen LogP contribution in [0.4, 0.5) is 11.4 Å². The van der Waals surface area contributed by atoms with Crippen LogP contribution in [0, 0.1) is 10.1 Å². The predicted octanol–water partition coefficient (Wildman–Crippen LogP) is 3.65. The summed E-state index contributed by atoms with van der Waals surface area (Å²) in [4.78, 5) is 27.7. The average Bonchev–Trinajstić information content (AvgIpc) is 3.50. The maximum absolute atomic E-state index is 12.4. The molecule has 1 fully saturated rings. The maximum Gasteiger partial charge on any atom is 0.293 e. The minimum atomic E-state index is -0.464. The van der Waals surface area contributed by atoms with Gasteiger partial charge in [0.2, 0.25) is 0 Å². The number of amides is 1. The zero-order chi connectivity index (χ0) is 18.8. The number of para-hydroxylation sites is 1. The van der Waals surface area contributed by atoms with Gasteiger partial charge in [0.15, 0.2) is 0 Å². The second kappa shape index (κ2) is 7.03. The van der Waals surface area contributed by atoms with E-state index in [9.17, 15) is 14.9 Å². The Hall–Kier alpha value is -3.48. The molecule has 4 rings (SSSR count). The lowest BCUT2D eigenvalue weighted by atomic mass is 10.1. The molecule has 0 spiro atoms. The number of hydrogen-bond donors (Lipinski definition) is 2. The average molecular weight is 362 g/mol. The number of rotatable bonds is 6. The highest BCUT2D eigenvalue weighted by Gasteiger charge is 2.25. The second-order valence-corrected chi connectivity index (χ2v) is 6.63. The Morgan fingerprint density at radius 3 is 2.78 bits per heavy atom. The molecule has 0 radical (unpaired) electrons. The lowest BCUT2D eigenvalue weighted by Crippen LogP contribution is -2.23. The van der Waals surface area contributed by atoms with Crippen LogP contribution in [0.25, 0.3) is 10.9 Å². The number of fused-ring (bicyclic) bond motifs is 1. The van der Waals surface area contributed by atoms with Crippen molar-refractivity contribution in [3.8, 4) is 0 Å². The molecule has 1 heterocycles. The van der Waals surface area contributed by atoms with Crippen LogP contribution in [0.1, 0.15) is 28.8 Å². The van der Waals surface area contributed by atoms with Crippen molar-refractivity contribution in [2.24, 2.45) is 0 Å². The second-order valence-electron chi connectivity index (χ2n) is 6.63. The number of aromatic nitrogens is 1. The smallest absolute Gasteiger partial charge is 0.293 e. The molecule has 0 saturated heterocycles. The number of nitrogens with one attached hydrogen (secondary N) is 2. The molecule has 0 bridgehead atoms. The lowest BCUT2D eigenvalue weighted by molar-refractivity contribution is -0.384. The molecule has 7 heteroatoms. The Bertz CT molecular complexity index is 1030. The standard InChI is InChI=1S/C20H18N4O3/c25-20(22-12-13-9-14-3-1-2-4-17(14)21-11-13)15-5-8-18(23-16-6-7-16)19(10-15)24(26)27/h1-5,8-11,16,23H,6-7,12H2,(H,22,25). The van der Waals surface area contributed by atoms with Gasteiger partial charge < -0.3 is 10.6 Å².